The SMILES string of the molecule is C1=CNC2C=[NH+]C=CC2=C1. The first-order valence-corrected chi connectivity index (χ1v) is 3.35. The Morgan fingerprint density at radius 1 is 1.50 bits per heavy atom. The predicted molar refractivity (Wildman–Crippen MR) is 40.3 cm³/mol. The molecule has 0 spiro atoms. The molecule has 0 amide bonds. The van der Waals surface area contributed by atoms with Crippen LogP contribution in [0.3, 0.4) is 0 Å². The van der Waals surface area contributed by atoms with E-state index in [1.165, 1.54) is 5.57 Å². The van der Waals surface area contributed by atoms with E-state index in [9.17, 15) is 0 Å². The van der Waals surface area contributed by atoms with E-state index in [0.717, 1.165) is 0 Å². The van der Waals surface area contributed by atoms with E-state index in [2.05, 4.69) is 22.5 Å². The summed E-state index contributed by atoms with van der Waals surface area (Å²) in [6.45, 7) is 0. The van der Waals surface area contributed by atoms with Gasteiger partial charge in [0.05, 0.1) is 0 Å². The van der Waals surface area contributed by atoms with E-state index in [0.29, 0.717) is 6.04 Å². The number of allylic oxidation sites excluding steroid dienone is 2. The average Bonchev–Trinajstić information content (AvgIpc) is 2.05. The maximum atomic E-state index is 3.20. The topological polar surface area (TPSA) is 26.0 Å². The monoisotopic (exact) mass is 133 g/mol. The summed E-state index contributed by atoms with van der Waals surface area (Å²) in [5.41, 5.74) is 1.31. The van der Waals surface area contributed by atoms with E-state index in [1.807, 2.05) is 24.7 Å². The zero-order valence-corrected chi connectivity index (χ0v) is 5.54. The van der Waals surface area contributed by atoms with Crippen LogP contribution in [0.25, 0.3) is 0 Å². The fraction of sp³-hybridized carbons (Fsp3) is 0.125. The summed E-state index contributed by atoms with van der Waals surface area (Å²) in [5.74, 6) is 0. The lowest BCUT2D eigenvalue weighted by atomic mass is 10.0. The van der Waals surface area contributed by atoms with Crippen molar-refractivity contribution in [3.05, 3.63) is 36.2 Å². The molecule has 0 radical (unpaired) electrons. The van der Waals surface area contributed by atoms with Crippen LogP contribution in [0.2, 0.25) is 0 Å². The Kier molecular flexibility index (Phi) is 1.17. The fourth-order valence-corrected chi connectivity index (χ4v) is 1.12. The molecule has 0 aromatic heterocycles. The van der Waals surface area contributed by atoms with Crippen LogP contribution < -0.4 is 10.3 Å². The van der Waals surface area contributed by atoms with Crippen molar-refractivity contribution in [2.45, 2.75) is 6.04 Å². The summed E-state index contributed by atoms with van der Waals surface area (Å²) >= 11 is 0. The van der Waals surface area contributed by atoms with Crippen molar-refractivity contribution in [3.8, 4) is 0 Å². The van der Waals surface area contributed by atoms with Crippen LogP contribution >= 0.6 is 0 Å². The highest BCUT2D eigenvalue weighted by molar-refractivity contribution is 5.68. The number of rotatable bonds is 0. The minimum atomic E-state index is 0.356. The van der Waals surface area contributed by atoms with Gasteiger partial charge in [0.2, 0.25) is 0 Å². The molecule has 0 aromatic carbocycles. The molecule has 1 atom stereocenters. The standard InChI is InChI=1S/C8H8N2/c1-2-7-3-5-9-6-8(7)10-4-1/h1-6,8,10H/p+1. The zero-order valence-electron chi connectivity index (χ0n) is 5.54. The summed E-state index contributed by atoms with van der Waals surface area (Å²) in [7, 11) is 0. The second-order valence-electron chi connectivity index (χ2n) is 2.34. The molecule has 2 aliphatic heterocycles. The van der Waals surface area contributed by atoms with E-state index in [1.54, 1.807) is 0 Å². The molecule has 0 bridgehead atoms. The molecule has 0 fully saturated rings. The van der Waals surface area contributed by atoms with E-state index < -0.39 is 0 Å². The van der Waals surface area contributed by atoms with Gasteiger partial charge in [-0.15, -0.1) is 0 Å². The minimum Gasteiger partial charge on any atom is -0.376 e. The first-order chi connectivity index (χ1) is 4.97. The summed E-state index contributed by atoms with van der Waals surface area (Å²) in [6, 6.07) is 0.356. The van der Waals surface area contributed by atoms with E-state index in [4.69, 9.17) is 0 Å². The van der Waals surface area contributed by atoms with Crippen LogP contribution in [0, 0.1) is 0 Å². The lowest BCUT2D eigenvalue weighted by Gasteiger charge is -2.15. The van der Waals surface area contributed by atoms with Crippen molar-refractivity contribution >= 4 is 6.21 Å². The molecule has 0 saturated carbocycles. The number of dihydropyridines is 1. The first-order valence-electron chi connectivity index (χ1n) is 3.35. The highest BCUT2D eigenvalue weighted by Crippen LogP contribution is 2.06. The fourth-order valence-electron chi connectivity index (χ4n) is 1.12. The molecular formula is C8H9N2+. The van der Waals surface area contributed by atoms with Gasteiger partial charge in [-0.25, -0.2) is 4.99 Å². The van der Waals surface area contributed by atoms with Gasteiger partial charge in [0, 0.05) is 6.08 Å². The maximum absolute atomic E-state index is 3.20. The van der Waals surface area contributed by atoms with Gasteiger partial charge < -0.3 is 5.32 Å². The third kappa shape index (κ3) is 0.778. The molecule has 2 heterocycles. The number of fused-ring (bicyclic) bond motifs is 1. The van der Waals surface area contributed by atoms with Gasteiger partial charge >= 0.3 is 0 Å². The molecule has 50 valence electrons. The third-order valence-electron chi connectivity index (χ3n) is 1.65. The highest BCUT2D eigenvalue weighted by Gasteiger charge is 2.14. The van der Waals surface area contributed by atoms with Crippen molar-refractivity contribution in [3.63, 3.8) is 0 Å². The molecule has 0 saturated heterocycles. The first kappa shape index (κ1) is 5.47. The average molecular weight is 133 g/mol. The van der Waals surface area contributed by atoms with Gasteiger partial charge in [-0.05, 0) is 17.8 Å². The molecule has 10 heavy (non-hydrogen) atoms. The lowest BCUT2D eigenvalue weighted by Crippen LogP contribution is -2.66. The summed E-state index contributed by atoms with van der Waals surface area (Å²) in [4.78, 5) is 3.04. The van der Waals surface area contributed by atoms with Gasteiger partial charge in [-0.3, -0.25) is 0 Å². The molecule has 2 rings (SSSR count). The Labute approximate surface area is 59.7 Å². The smallest absolute Gasteiger partial charge is 0.170 e. The molecule has 2 heteroatoms. The summed E-state index contributed by atoms with van der Waals surface area (Å²) in [5, 5.41) is 3.20. The summed E-state index contributed by atoms with van der Waals surface area (Å²) < 4.78 is 0. The third-order valence-corrected chi connectivity index (χ3v) is 1.65. The van der Waals surface area contributed by atoms with Crippen LogP contribution in [0.5, 0.6) is 0 Å². The Balaban J connectivity index is 2.34. The Bertz CT molecular complexity index is 246. The van der Waals surface area contributed by atoms with Gasteiger partial charge in [-0.1, -0.05) is 6.08 Å². The normalized spacial score (nSPS) is 27.2. The molecule has 0 aromatic rings. The Hall–Kier alpha value is -1.31. The maximum Gasteiger partial charge on any atom is 0.170 e. The largest absolute Gasteiger partial charge is 0.376 e. The Morgan fingerprint density at radius 3 is 3.40 bits per heavy atom. The molecule has 0 aliphatic carbocycles. The van der Waals surface area contributed by atoms with Gasteiger partial charge in [0.25, 0.3) is 0 Å². The highest BCUT2D eigenvalue weighted by atomic mass is 14.9. The van der Waals surface area contributed by atoms with Crippen LogP contribution in [0.1, 0.15) is 0 Å². The van der Waals surface area contributed by atoms with Crippen molar-refractivity contribution < 1.29 is 4.99 Å². The number of hydrogen-bond donors (Lipinski definition) is 2. The minimum absolute atomic E-state index is 0.356. The number of hydrogen-bond acceptors (Lipinski definition) is 1. The van der Waals surface area contributed by atoms with Crippen molar-refractivity contribution in [1.29, 1.82) is 0 Å². The molecule has 2 nitrogen and oxygen atoms in total. The van der Waals surface area contributed by atoms with E-state index >= 15 is 0 Å². The van der Waals surface area contributed by atoms with E-state index in [-0.39, 0.29) is 0 Å². The zero-order chi connectivity index (χ0) is 6.81. The lowest BCUT2D eigenvalue weighted by molar-refractivity contribution is -0.370. The second kappa shape index (κ2) is 2.14. The Morgan fingerprint density at radius 2 is 2.50 bits per heavy atom. The second-order valence-corrected chi connectivity index (χ2v) is 2.34. The number of nitrogens with one attached hydrogen (secondary N) is 2. The van der Waals surface area contributed by atoms with Crippen molar-refractivity contribution in [1.82, 2.24) is 5.32 Å². The predicted octanol–water partition coefficient (Wildman–Crippen LogP) is -0.923. The van der Waals surface area contributed by atoms with Crippen LogP contribution in [-0.2, 0) is 0 Å². The van der Waals surface area contributed by atoms with Crippen LogP contribution in [-0.4, -0.2) is 12.3 Å². The molecule has 2 aliphatic rings. The molecular weight excluding hydrogens is 124 g/mol. The van der Waals surface area contributed by atoms with Crippen LogP contribution in [0.4, 0.5) is 0 Å². The van der Waals surface area contributed by atoms with Gasteiger partial charge in [0.1, 0.15) is 6.04 Å². The van der Waals surface area contributed by atoms with Crippen LogP contribution in [0.15, 0.2) is 36.2 Å². The van der Waals surface area contributed by atoms with Crippen molar-refractivity contribution in [2.24, 2.45) is 0 Å². The summed E-state index contributed by atoms with van der Waals surface area (Å²) in [6.07, 6.45) is 12.1. The quantitative estimate of drug-likeness (QED) is 0.439. The molecule has 2 N–H and O–H groups in total. The van der Waals surface area contributed by atoms with Crippen molar-refractivity contribution in [2.75, 3.05) is 0 Å². The van der Waals surface area contributed by atoms with Gasteiger partial charge in [-0.2, -0.15) is 0 Å². The molecule has 1 unspecified atom stereocenters. The van der Waals surface area contributed by atoms with Gasteiger partial charge in [0.15, 0.2) is 12.4 Å².